The summed E-state index contributed by atoms with van der Waals surface area (Å²) in [6.45, 7) is 4.38. The van der Waals surface area contributed by atoms with Crippen molar-refractivity contribution in [2.24, 2.45) is 0 Å². The Hall–Kier alpha value is -3.39. The first kappa shape index (κ1) is 19.4. The maximum atomic E-state index is 5.50. The van der Waals surface area contributed by atoms with Crippen molar-refractivity contribution >= 4 is 23.0 Å². The van der Waals surface area contributed by atoms with Gasteiger partial charge in [0, 0.05) is 17.3 Å². The molecule has 0 atom stereocenters. The number of hydrogen-bond acceptors (Lipinski definition) is 6. The first-order valence-corrected chi connectivity index (χ1v) is 8.94. The van der Waals surface area contributed by atoms with Gasteiger partial charge in [-0.1, -0.05) is 36.0 Å². The molecule has 7 nitrogen and oxygen atoms in total. The van der Waals surface area contributed by atoms with Crippen molar-refractivity contribution < 1.29 is 14.0 Å². The van der Waals surface area contributed by atoms with Crippen LogP contribution < -0.4 is 20.1 Å². The lowest BCUT2D eigenvalue weighted by molar-refractivity contribution is 0.363. The van der Waals surface area contributed by atoms with E-state index in [4.69, 9.17) is 26.2 Å². The number of nitrogens with zero attached hydrogens (tertiary/aromatic N) is 2. The number of hydrogen-bond donors (Lipinski definition) is 2. The Morgan fingerprint density at radius 3 is 2.86 bits per heavy atom. The Labute approximate surface area is 168 Å². The molecule has 8 heteroatoms. The topological polar surface area (TPSA) is 81.4 Å². The van der Waals surface area contributed by atoms with E-state index in [0.29, 0.717) is 30.0 Å². The van der Waals surface area contributed by atoms with E-state index in [1.807, 2.05) is 48.5 Å². The molecule has 0 bridgehead atoms. The van der Waals surface area contributed by atoms with Gasteiger partial charge in [-0.05, 0) is 36.5 Å². The monoisotopic (exact) mass is 396 g/mol. The maximum absolute atomic E-state index is 5.50. The number of nitrogens with one attached hydrogen (secondary N) is 2. The molecule has 0 aliphatic rings. The van der Waals surface area contributed by atoms with Crippen molar-refractivity contribution in [1.82, 2.24) is 15.5 Å². The molecular formula is C20H20N4O3S. The van der Waals surface area contributed by atoms with Gasteiger partial charge < -0.3 is 24.6 Å². The third-order valence-corrected chi connectivity index (χ3v) is 3.90. The number of ether oxygens (including phenoxy) is 2. The van der Waals surface area contributed by atoms with Gasteiger partial charge in [-0.3, -0.25) is 0 Å². The van der Waals surface area contributed by atoms with Crippen LogP contribution in [-0.2, 0) is 6.54 Å². The van der Waals surface area contributed by atoms with Gasteiger partial charge in [-0.2, -0.15) is 4.98 Å². The van der Waals surface area contributed by atoms with E-state index in [2.05, 4.69) is 27.4 Å². The normalized spacial score (nSPS) is 10.2. The lowest BCUT2D eigenvalue weighted by Gasteiger charge is -2.10. The lowest BCUT2D eigenvalue weighted by atomic mass is 10.2. The highest BCUT2D eigenvalue weighted by atomic mass is 32.1. The van der Waals surface area contributed by atoms with E-state index in [9.17, 15) is 0 Å². The standard InChI is InChI=1S/C20H20N4O3S/c1-3-10-26-17-9-5-7-15(12-17)22-20(28)21-13-18-23-19(24-27-18)14-6-4-8-16(11-14)25-2/h3-9,11-12H,1,10,13H2,2H3,(H2,21,22,28). The molecule has 28 heavy (non-hydrogen) atoms. The van der Waals surface area contributed by atoms with Crippen molar-refractivity contribution in [3.63, 3.8) is 0 Å². The molecule has 3 rings (SSSR count). The summed E-state index contributed by atoms with van der Waals surface area (Å²) in [5, 5.41) is 10.6. The molecule has 1 aromatic heterocycles. The Morgan fingerprint density at radius 1 is 1.21 bits per heavy atom. The number of anilines is 1. The van der Waals surface area contributed by atoms with Crippen molar-refractivity contribution in [3.8, 4) is 22.9 Å². The summed E-state index contributed by atoms with van der Waals surface area (Å²) >= 11 is 5.31. The zero-order valence-corrected chi connectivity index (χ0v) is 16.2. The summed E-state index contributed by atoms with van der Waals surface area (Å²) < 4.78 is 16.0. The Balaban J connectivity index is 1.55. The minimum atomic E-state index is 0.301. The highest BCUT2D eigenvalue weighted by Gasteiger charge is 2.10. The van der Waals surface area contributed by atoms with Crippen LogP contribution in [0.2, 0.25) is 0 Å². The zero-order valence-electron chi connectivity index (χ0n) is 15.3. The molecule has 0 aliphatic heterocycles. The molecule has 0 radical (unpaired) electrons. The highest BCUT2D eigenvalue weighted by molar-refractivity contribution is 7.80. The Morgan fingerprint density at radius 2 is 2.04 bits per heavy atom. The number of benzene rings is 2. The minimum Gasteiger partial charge on any atom is -0.497 e. The SMILES string of the molecule is C=CCOc1cccc(NC(=S)NCc2nc(-c3cccc(OC)c3)no2)c1. The number of thiocarbonyl (C=S) groups is 1. The molecule has 0 fully saturated rings. The second-order valence-corrected chi connectivity index (χ2v) is 6.09. The molecule has 0 saturated heterocycles. The predicted octanol–water partition coefficient (Wildman–Crippen LogP) is 3.80. The summed E-state index contributed by atoms with van der Waals surface area (Å²) in [5.74, 6) is 2.37. The van der Waals surface area contributed by atoms with E-state index in [1.165, 1.54) is 0 Å². The Bertz CT molecular complexity index is 958. The van der Waals surface area contributed by atoms with Gasteiger partial charge in [0.05, 0.1) is 13.7 Å². The van der Waals surface area contributed by atoms with Gasteiger partial charge in [0.15, 0.2) is 5.11 Å². The average molecular weight is 396 g/mol. The smallest absolute Gasteiger partial charge is 0.246 e. The van der Waals surface area contributed by atoms with Crippen LogP contribution >= 0.6 is 12.2 Å². The third-order valence-electron chi connectivity index (χ3n) is 3.66. The fourth-order valence-corrected chi connectivity index (χ4v) is 2.55. The molecule has 0 amide bonds. The van der Waals surface area contributed by atoms with Crippen molar-refractivity contribution in [3.05, 3.63) is 67.1 Å². The molecule has 0 unspecified atom stereocenters. The summed E-state index contributed by atoms with van der Waals surface area (Å²) in [5.41, 5.74) is 1.62. The van der Waals surface area contributed by atoms with E-state index in [1.54, 1.807) is 13.2 Å². The largest absolute Gasteiger partial charge is 0.497 e. The number of aromatic nitrogens is 2. The zero-order chi connectivity index (χ0) is 19.8. The molecular weight excluding hydrogens is 376 g/mol. The van der Waals surface area contributed by atoms with Gasteiger partial charge in [0.2, 0.25) is 11.7 Å². The molecule has 3 aromatic rings. The van der Waals surface area contributed by atoms with Gasteiger partial charge in [-0.15, -0.1) is 0 Å². The second kappa shape index (κ2) is 9.52. The fourth-order valence-electron chi connectivity index (χ4n) is 2.36. The molecule has 144 valence electrons. The molecule has 0 saturated carbocycles. The van der Waals surface area contributed by atoms with Crippen LogP contribution in [0.3, 0.4) is 0 Å². The van der Waals surface area contributed by atoms with Crippen LogP contribution in [0.25, 0.3) is 11.4 Å². The first-order valence-electron chi connectivity index (χ1n) is 8.53. The van der Waals surface area contributed by atoms with Crippen molar-refractivity contribution in [1.29, 1.82) is 0 Å². The van der Waals surface area contributed by atoms with Gasteiger partial charge >= 0.3 is 0 Å². The number of methoxy groups -OCH3 is 1. The van der Waals surface area contributed by atoms with Crippen molar-refractivity contribution in [2.75, 3.05) is 19.0 Å². The Kier molecular flexibility index (Phi) is 6.59. The quantitative estimate of drug-likeness (QED) is 0.440. The van der Waals surface area contributed by atoms with Crippen LogP contribution in [0.1, 0.15) is 5.89 Å². The van der Waals surface area contributed by atoms with Crippen LogP contribution in [0.5, 0.6) is 11.5 Å². The van der Waals surface area contributed by atoms with Crippen LogP contribution in [-0.4, -0.2) is 29.0 Å². The summed E-state index contributed by atoms with van der Waals surface area (Å²) in [7, 11) is 1.61. The molecule has 2 aromatic carbocycles. The van der Waals surface area contributed by atoms with Gasteiger partial charge in [-0.25, -0.2) is 0 Å². The summed E-state index contributed by atoms with van der Waals surface area (Å²) in [6, 6.07) is 14.9. The van der Waals surface area contributed by atoms with E-state index in [0.717, 1.165) is 22.7 Å². The van der Waals surface area contributed by atoms with Crippen LogP contribution in [0.4, 0.5) is 5.69 Å². The van der Waals surface area contributed by atoms with Gasteiger partial charge in [0.1, 0.15) is 18.1 Å². The van der Waals surface area contributed by atoms with Gasteiger partial charge in [0.25, 0.3) is 0 Å². The molecule has 1 heterocycles. The second-order valence-electron chi connectivity index (χ2n) is 5.68. The number of rotatable bonds is 8. The molecule has 0 aliphatic carbocycles. The molecule has 2 N–H and O–H groups in total. The van der Waals surface area contributed by atoms with E-state index in [-0.39, 0.29) is 0 Å². The summed E-state index contributed by atoms with van der Waals surface area (Å²) in [6.07, 6.45) is 1.69. The van der Waals surface area contributed by atoms with E-state index >= 15 is 0 Å². The van der Waals surface area contributed by atoms with Crippen LogP contribution in [0.15, 0.2) is 65.7 Å². The first-order chi connectivity index (χ1) is 13.7. The lowest BCUT2D eigenvalue weighted by Crippen LogP contribution is -2.28. The van der Waals surface area contributed by atoms with Crippen molar-refractivity contribution in [2.45, 2.75) is 6.54 Å². The predicted molar refractivity (Wildman–Crippen MR) is 111 cm³/mol. The van der Waals surface area contributed by atoms with Crippen LogP contribution in [0, 0.1) is 0 Å². The maximum Gasteiger partial charge on any atom is 0.246 e. The third kappa shape index (κ3) is 5.31. The molecule has 0 spiro atoms. The minimum absolute atomic E-state index is 0.301. The highest BCUT2D eigenvalue weighted by Crippen LogP contribution is 2.21. The summed E-state index contributed by atoms with van der Waals surface area (Å²) in [4.78, 5) is 4.37. The average Bonchev–Trinajstić information content (AvgIpc) is 3.20. The van der Waals surface area contributed by atoms with E-state index < -0.39 is 0 Å². The fraction of sp³-hybridized carbons (Fsp3) is 0.150.